The van der Waals surface area contributed by atoms with Crippen LogP contribution in [0.25, 0.3) is 10.8 Å². The fraction of sp³-hybridized carbons (Fsp3) is 0.357. The number of benzene rings is 1. The zero-order chi connectivity index (χ0) is 11.9. The van der Waals surface area contributed by atoms with Gasteiger partial charge in [0, 0.05) is 37.7 Å². The molecule has 0 atom stereocenters. The van der Waals surface area contributed by atoms with Gasteiger partial charge in [-0.05, 0) is 17.0 Å². The first kappa shape index (κ1) is 10.7. The van der Waals surface area contributed by atoms with Gasteiger partial charge < -0.3 is 9.84 Å². The van der Waals surface area contributed by atoms with Crippen LogP contribution in [0.4, 0.5) is 0 Å². The predicted octanol–water partition coefficient (Wildman–Crippen LogP) is 2.23. The Morgan fingerprint density at radius 1 is 1.35 bits per heavy atom. The van der Waals surface area contributed by atoms with E-state index in [2.05, 4.69) is 4.98 Å². The molecule has 0 spiro atoms. The Bertz CT molecular complexity index is 541. The molecule has 1 aromatic carbocycles. The third-order valence-electron chi connectivity index (χ3n) is 3.65. The molecule has 88 valence electrons. The monoisotopic (exact) mass is 229 g/mol. The van der Waals surface area contributed by atoms with E-state index >= 15 is 0 Å². The molecule has 1 heterocycles. The van der Waals surface area contributed by atoms with Crippen LogP contribution in [0, 0.1) is 0 Å². The second kappa shape index (κ2) is 3.79. The van der Waals surface area contributed by atoms with Gasteiger partial charge in [-0.15, -0.1) is 0 Å². The average molecular weight is 229 g/mol. The van der Waals surface area contributed by atoms with Gasteiger partial charge in [0.1, 0.15) is 0 Å². The van der Waals surface area contributed by atoms with Crippen LogP contribution in [0.15, 0.2) is 36.7 Å². The Morgan fingerprint density at radius 3 is 2.94 bits per heavy atom. The standard InChI is InChI=1S/C14H15NO2/c1-17-11-7-14(16,8-11)13-4-2-3-10-5-6-15-9-12(10)13/h2-6,9,11,16H,7-8H2,1H3. The predicted molar refractivity (Wildman–Crippen MR) is 65.7 cm³/mol. The van der Waals surface area contributed by atoms with Crippen molar-refractivity contribution < 1.29 is 9.84 Å². The van der Waals surface area contributed by atoms with Crippen molar-refractivity contribution in [2.75, 3.05) is 7.11 Å². The molecule has 3 nitrogen and oxygen atoms in total. The van der Waals surface area contributed by atoms with Crippen molar-refractivity contribution in [1.82, 2.24) is 4.98 Å². The first-order chi connectivity index (χ1) is 8.23. The zero-order valence-electron chi connectivity index (χ0n) is 9.76. The number of fused-ring (bicyclic) bond motifs is 1. The molecule has 0 amide bonds. The molecule has 3 heteroatoms. The first-order valence-electron chi connectivity index (χ1n) is 5.81. The number of aromatic nitrogens is 1. The van der Waals surface area contributed by atoms with Gasteiger partial charge in [-0.25, -0.2) is 0 Å². The summed E-state index contributed by atoms with van der Waals surface area (Å²) < 4.78 is 5.24. The number of nitrogens with zero attached hydrogens (tertiary/aromatic N) is 1. The minimum absolute atomic E-state index is 0.173. The zero-order valence-corrected chi connectivity index (χ0v) is 9.76. The molecule has 0 radical (unpaired) electrons. The molecule has 0 aliphatic heterocycles. The van der Waals surface area contributed by atoms with E-state index in [-0.39, 0.29) is 6.10 Å². The van der Waals surface area contributed by atoms with E-state index in [0.717, 1.165) is 16.3 Å². The van der Waals surface area contributed by atoms with Crippen LogP contribution in [0.3, 0.4) is 0 Å². The normalized spacial score (nSPS) is 28.0. The molecular weight excluding hydrogens is 214 g/mol. The van der Waals surface area contributed by atoms with Crippen LogP contribution < -0.4 is 0 Å². The Balaban J connectivity index is 2.07. The summed E-state index contributed by atoms with van der Waals surface area (Å²) in [6.07, 6.45) is 5.10. The van der Waals surface area contributed by atoms with Gasteiger partial charge in [0.15, 0.2) is 0 Å². The molecule has 1 aromatic heterocycles. The fourth-order valence-corrected chi connectivity index (χ4v) is 2.60. The highest BCUT2D eigenvalue weighted by atomic mass is 16.5. The maximum Gasteiger partial charge on any atom is 0.0952 e. The highest BCUT2D eigenvalue weighted by Gasteiger charge is 2.45. The van der Waals surface area contributed by atoms with Crippen LogP contribution >= 0.6 is 0 Å². The van der Waals surface area contributed by atoms with E-state index < -0.39 is 5.60 Å². The number of hydrogen-bond acceptors (Lipinski definition) is 3. The maximum atomic E-state index is 10.6. The van der Waals surface area contributed by atoms with Gasteiger partial charge in [-0.2, -0.15) is 0 Å². The van der Waals surface area contributed by atoms with Gasteiger partial charge in [-0.3, -0.25) is 4.98 Å². The lowest BCUT2D eigenvalue weighted by Crippen LogP contribution is -2.45. The van der Waals surface area contributed by atoms with Crippen molar-refractivity contribution in [3.8, 4) is 0 Å². The lowest BCUT2D eigenvalue weighted by atomic mass is 9.71. The van der Waals surface area contributed by atoms with Gasteiger partial charge in [0.05, 0.1) is 11.7 Å². The minimum Gasteiger partial charge on any atom is -0.385 e. The number of methoxy groups -OCH3 is 1. The molecule has 1 aliphatic rings. The van der Waals surface area contributed by atoms with E-state index in [1.807, 2.05) is 30.5 Å². The topological polar surface area (TPSA) is 42.4 Å². The summed E-state index contributed by atoms with van der Waals surface area (Å²) >= 11 is 0. The first-order valence-corrected chi connectivity index (χ1v) is 5.81. The van der Waals surface area contributed by atoms with Crippen LogP contribution in [0.1, 0.15) is 18.4 Å². The van der Waals surface area contributed by atoms with Gasteiger partial charge in [0.25, 0.3) is 0 Å². The summed E-state index contributed by atoms with van der Waals surface area (Å²) in [5, 5.41) is 12.7. The van der Waals surface area contributed by atoms with E-state index in [4.69, 9.17) is 4.74 Å². The summed E-state index contributed by atoms with van der Waals surface area (Å²) in [6.45, 7) is 0. The molecule has 0 bridgehead atoms. The van der Waals surface area contributed by atoms with E-state index in [1.54, 1.807) is 13.3 Å². The van der Waals surface area contributed by atoms with E-state index in [9.17, 15) is 5.11 Å². The van der Waals surface area contributed by atoms with Crippen LogP contribution in [0.5, 0.6) is 0 Å². The molecule has 3 rings (SSSR count). The SMILES string of the molecule is COC1CC(O)(c2cccc3ccncc23)C1. The Kier molecular flexibility index (Phi) is 2.38. The second-order valence-electron chi connectivity index (χ2n) is 4.70. The summed E-state index contributed by atoms with van der Waals surface area (Å²) in [5.41, 5.74) is 0.222. The Morgan fingerprint density at radius 2 is 2.18 bits per heavy atom. The lowest BCUT2D eigenvalue weighted by Gasteiger charge is -2.43. The van der Waals surface area contributed by atoms with Crippen LogP contribution in [-0.4, -0.2) is 23.3 Å². The fourth-order valence-electron chi connectivity index (χ4n) is 2.60. The van der Waals surface area contributed by atoms with Crippen molar-refractivity contribution in [2.24, 2.45) is 0 Å². The van der Waals surface area contributed by atoms with Crippen molar-refractivity contribution in [2.45, 2.75) is 24.5 Å². The second-order valence-corrected chi connectivity index (χ2v) is 4.70. The largest absolute Gasteiger partial charge is 0.385 e. The Labute approximate surface area is 100 Å². The lowest BCUT2D eigenvalue weighted by molar-refractivity contribution is -0.132. The molecule has 1 N–H and O–H groups in total. The third-order valence-corrected chi connectivity index (χ3v) is 3.65. The number of hydrogen-bond donors (Lipinski definition) is 1. The van der Waals surface area contributed by atoms with Crippen molar-refractivity contribution in [3.63, 3.8) is 0 Å². The van der Waals surface area contributed by atoms with Crippen molar-refractivity contribution >= 4 is 10.8 Å². The van der Waals surface area contributed by atoms with Gasteiger partial charge in [0.2, 0.25) is 0 Å². The number of aliphatic hydroxyl groups is 1. The quantitative estimate of drug-likeness (QED) is 0.858. The number of ether oxygens (including phenoxy) is 1. The van der Waals surface area contributed by atoms with Gasteiger partial charge >= 0.3 is 0 Å². The maximum absolute atomic E-state index is 10.6. The molecular formula is C14H15NO2. The molecule has 1 aliphatic carbocycles. The summed E-state index contributed by atoms with van der Waals surface area (Å²) in [5.74, 6) is 0. The molecule has 0 saturated heterocycles. The average Bonchev–Trinajstić information content (AvgIpc) is 2.34. The van der Waals surface area contributed by atoms with E-state index in [0.29, 0.717) is 12.8 Å². The summed E-state index contributed by atoms with van der Waals surface area (Å²) in [7, 11) is 1.69. The molecule has 2 aromatic rings. The molecule has 17 heavy (non-hydrogen) atoms. The molecule has 1 saturated carbocycles. The highest BCUT2D eigenvalue weighted by molar-refractivity contribution is 5.85. The molecule has 1 fully saturated rings. The Hall–Kier alpha value is -1.45. The summed E-state index contributed by atoms with van der Waals surface area (Å²) in [6, 6.07) is 7.97. The number of pyridine rings is 1. The van der Waals surface area contributed by atoms with E-state index in [1.165, 1.54) is 0 Å². The van der Waals surface area contributed by atoms with Crippen molar-refractivity contribution in [3.05, 3.63) is 42.2 Å². The third kappa shape index (κ3) is 1.63. The number of rotatable bonds is 2. The van der Waals surface area contributed by atoms with Crippen LogP contribution in [0.2, 0.25) is 0 Å². The minimum atomic E-state index is -0.747. The van der Waals surface area contributed by atoms with Gasteiger partial charge in [-0.1, -0.05) is 18.2 Å². The highest BCUT2D eigenvalue weighted by Crippen LogP contribution is 2.44. The summed E-state index contributed by atoms with van der Waals surface area (Å²) in [4.78, 5) is 4.14. The van der Waals surface area contributed by atoms with Crippen LogP contribution in [-0.2, 0) is 10.3 Å². The van der Waals surface area contributed by atoms with Crippen molar-refractivity contribution in [1.29, 1.82) is 0 Å². The smallest absolute Gasteiger partial charge is 0.0952 e. The molecule has 0 unspecified atom stereocenters.